The molecule has 1 aromatic carbocycles. The van der Waals surface area contributed by atoms with Crippen molar-refractivity contribution in [2.75, 3.05) is 19.5 Å². The molecule has 0 amide bonds. The van der Waals surface area contributed by atoms with E-state index >= 15 is 0 Å². The summed E-state index contributed by atoms with van der Waals surface area (Å²) in [4.78, 5) is 0. The molecule has 0 bridgehead atoms. The van der Waals surface area contributed by atoms with Crippen LogP contribution in [0.15, 0.2) is 24.3 Å². The fourth-order valence-corrected chi connectivity index (χ4v) is 2.57. The Morgan fingerprint density at radius 2 is 2.29 bits per heavy atom. The van der Waals surface area contributed by atoms with Gasteiger partial charge >= 0.3 is 0 Å². The van der Waals surface area contributed by atoms with Gasteiger partial charge in [0.15, 0.2) is 0 Å². The van der Waals surface area contributed by atoms with E-state index in [-0.39, 0.29) is 6.10 Å². The Balaban J connectivity index is 2.13. The lowest BCUT2D eigenvalue weighted by Gasteiger charge is -2.09. The van der Waals surface area contributed by atoms with E-state index in [4.69, 9.17) is 15.2 Å². The number of anilines is 1. The van der Waals surface area contributed by atoms with Crippen LogP contribution in [0.2, 0.25) is 0 Å². The maximum Gasteiger partial charge on any atom is 0.145 e. The minimum absolute atomic E-state index is 0.155. The van der Waals surface area contributed by atoms with Crippen LogP contribution in [0.5, 0.6) is 5.75 Å². The minimum atomic E-state index is -0.155. The molecule has 2 heterocycles. The van der Waals surface area contributed by atoms with Crippen molar-refractivity contribution in [2.45, 2.75) is 18.9 Å². The highest BCUT2D eigenvalue weighted by Crippen LogP contribution is 2.34. The first-order valence-electron chi connectivity index (χ1n) is 6.79. The van der Waals surface area contributed by atoms with Crippen LogP contribution in [0.25, 0.3) is 5.69 Å². The lowest BCUT2D eigenvalue weighted by atomic mass is 10.1. The van der Waals surface area contributed by atoms with Crippen LogP contribution in [0, 0.1) is 11.3 Å². The number of hydrogen-bond acceptors (Lipinski definition) is 5. The minimum Gasteiger partial charge on any atom is -0.494 e. The van der Waals surface area contributed by atoms with Gasteiger partial charge in [0.05, 0.1) is 7.11 Å². The number of hydrogen-bond donors (Lipinski definition) is 1. The van der Waals surface area contributed by atoms with Crippen molar-refractivity contribution in [2.24, 2.45) is 0 Å². The maximum absolute atomic E-state index is 9.38. The summed E-state index contributed by atoms with van der Waals surface area (Å²) in [7, 11) is 1.59. The average Bonchev–Trinajstić information content (AvgIpc) is 3.14. The highest BCUT2D eigenvalue weighted by atomic mass is 16.5. The SMILES string of the molecule is COc1ccccc1-n1nc([C@H]2CCCO2)c(C#N)c1N. The summed E-state index contributed by atoms with van der Waals surface area (Å²) in [5, 5.41) is 13.9. The summed E-state index contributed by atoms with van der Waals surface area (Å²) in [6.07, 6.45) is 1.67. The second kappa shape index (κ2) is 5.46. The quantitative estimate of drug-likeness (QED) is 0.933. The predicted molar refractivity (Wildman–Crippen MR) is 77.2 cm³/mol. The molecule has 108 valence electrons. The van der Waals surface area contributed by atoms with Crippen LogP contribution in [0.3, 0.4) is 0 Å². The molecule has 1 fully saturated rings. The van der Waals surface area contributed by atoms with Gasteiger partial charge in [0.1, 0.15) is 40.7 Å². The van der Waals surface area contributed by atoms with Gasteiger partial charge in [0, 0.05) is 6.61 Å². The molecule has 2 aromatic rings. The van der Waals surface area contributed by atoms with Crippen molar-refractivity contribution in [1.82, 2.24) is 9.78 Å². The Morgan fingerprint density at radius 1 is 1.48 bits per heavy atom. The Hall–Kier alpha value is -2.52. The lowest BCUT2D eigenvalue weighted by molar-refractivity contribution is 0.108. The summed E-state index contributed by atoms with van der Waals surface area (Å²) in [5.74, 6) is 0.961. The zero-order valence-electron chi connectivity index (χ0n) is 11.7. The van der Waals surface area contributed by atoms with Gasteiger partial charge in [-0.25, -0.2) is 4.68 Å². The average molecular weight is 284 g/mol. The number of nitrogen functional groups attached to an aromatic ring is 1. The monoisotopic (exact) mass is 284 g/mol. The van der Waals surface area contributed by atoms with Crippen LogP contribution in [0.4, 0.5) is 5.82 Å². The van der Waals surface area contributed by atoms with E-state index in [9.17, 15) is 5.26 Å². The highest BCUT2D eigenvalue weighted by Gasteiger charge is 2.27. The molecule has 6 heteroatoms. The summed E-state index contributed by atoms with van der Waals surface area (Å²) in [6, 6.07) is 9.56. The van der Waals surface area contributed by atoms with Crippen molar-refractivity contribution in [3.05, 3.63) is 35.5 Å². The van der Waals surface area contributed by atoms with Crippen molar-refractivity contribution in [3.8, 4) is 17.5 Å². The van der Waals surface area contributed by atoms with Crippen molar-refractivity contribution >= 4 is 5.82 Å². The van der Waals surface area contributed by atoms with E-state index in [1.54, 1.807) is 11.8 Å². The van der Waals surface area contributed by atoms with Gasteiger partial charge in [-0.2, -0.15) is 10.4 Å². The molecule has 0 spiro atoms. The van der Waals surface area contributed by atoms with Crippen LogP contribution in [0.1, 0.15) is 30.2 Å². The molecular formula is C15H16N4O2. The van der Waals surface area contributed by atoms with Gasteiger partial charge in [-0.3, -0.25) is 0 Å². The van der Waals surface area contributed by atoms with Crippen molar-refractivity contribution in [1.29, 1.82) is 5.26 Å². The highest BCUT2D eigenvalue weighted by molar-refractivity contribution is 5.59. The Bertz CT molecular complexity index is 696. The summed E-state index contributed by atoms with van der Waals surface area (Å²) in [6.45, 7) is 0.691. The standard InChI is InChI=1S/C15H16N4O2/c1-20-12-6-3-2-5-11(12)19-15(17)10(9-16)14(18-19)13-7-4-8-21-13/h2-3,5-6,13H,4,7-8,17H2,1H3/t13-/m1/s1. The van der Waals surface area contributed by atoms with Gasteiger partial charge in [0.25, 0.3) is 0 Å². The Morgan fingerprint density at radius 3 is 2.95 bits per heavy atom. The van der Waals surface area contributed by atoms with Crippen LogP contribution in [-0.4, -0.2) is 23.5 Å². The third-order valence-corrected chi connectivity index (χ3v) is 3.61. The molecule has 3 rings (SSSR count). The van der Waals surface area contributed by atoms with Crippen LogP contribution >= 0.6 is 0 Å². The zero-order chi connectivity index (χ0) is 14.8. The summed E-state index contributed by atoms with van der Waals surface area (Å²) >= 11 is 0. The first-order chi connectivity index (χ1) is 10.3. The predicted octanol–water partition coefficient (Wildman–Crippen LogP) is 2.19. The number of nitriles is 1. The van der Waals surface area contributed by atoms with Crippen molar-refractivity contribution < 1.29 is 9.47 Å². The topological polar surface area (TPSA) is 86.1 Å². The molecule has 1 aliphatic heterocycles. The molecule has 0 saturated carbocycles. The molecule has 0 radical (unpaired) electrons. The Labute approximate surface area is 122 Å². The second-order valence-electron chi connectivity index (χ2n) is 4.84. The smallest absolute Gasteiger partial charge is 0.145 e. The summed E-state index contributed by atoms with van der Waals surface area (Å²) in [5.41, 5.74) is 7.80. The first-order valence-corrected chi connectivity index (χ1v) is 6.79. The number of nitrogens with two attached hydrogens (primary N) is 1. The zero-order valence-corrected chi connectivity index (χ0v) is 11.7. The van der Waals surface area contributed by atoms with Gasteiger partial charge in [-0.05, 0) is 25.0 Å². The number of rotatable bonds is 3. The largest absolute Gasteiger partial charge is 0.494 e. The molecule has 0 aliphatic carbocycles. The fourth-order valence-electron chi connectivity index (χ4n) is 2.57. The number of nitrogens with zero attached hydrogens (tertiary/aromatic N) is 3. The maximum atomic E-state index is 9.38. The van der Waals surface area contributed by atoms with E-state index in [0.29, 0.717) is 35.1 Å². The molecule has 0 unspecified atom stereocenters. The third kappa shape index (κ3) is 2.22. The molecule has 2 N–H and O–H groups in total. The van der Waals surface area contributed by atoms with E-state index in [0.717, 1.165) is 12.8 Å². The molecule has 21 heavy (non-hydrogen) atoms. The molecule has 1 aromatic heterocycles. The molecule has 6 nitrogen and oxygen atoms in total. The van der Waals surface area contributed by atoms with Crippen LogP contribution < -0.4 is 10.5 Å². The van der Waals surface area contributed by atoms with Gasteiger partial charge in [0.2, 0.25) is 0 Å². The Kier molecular flexibility index (Phi) is 3.50. The molecule has 1 aliphatic rings. The number of methoxy groups -OCH3 is 1. The van der Waals surface area contributed by atoms with E-state index < -0.39 is 0 Å². The number of para-hydroxylation sites is 2. The number of ether oxygens (including phenoxy) is 2. The van der Waals surface area contributed by atoms with Gasteiger partial charge in [-0.1, -0.05) is 12.1 Å². The molecule has 1 saturated heterocycles. The molecular weight excluding hydrogens is 268 g/mol. The van der Waals surface area contributed by atoms with Gasteiger partial charge in [-0.15, -0.1) is 0 Å². The van der Waals surface area contributed by atoms with E-state index in [2.05, 4.69) is 11.2 Å². The van der Waals surface area contributed by atoms with E-state index in [1.165, 1.54) is 0 Å². The fraction of sp³-hybridized carbons (Fsp3) is 0.333. The second-order valence-corrected chi connectivity index (χ2v) is 4.84. The van der Waals surface area contributed by atoms with E-state index in [1.807, 2.05) is 24.3 Å². The van der Waals surface area contributed by atoms with Crippen LogP contribution in [-0.2, 0) is 4.74 Å². The first kappa shape index (κ1) is 13.5. The molecule has 1 atom stereocenters. The van der Waals surface area contributed by atoms with Gasteiger partial charge < -0.3 is 15.2 Å². The number of aromatic nitrogens is 2. The number of benzene rings is 1. The lowest BCUT2D eigenvalue weighted by Crippen LogP contribution is -2.05. The normalized spacial score (nSPS) is 17.6. The summed E-state index contributed by atoms with van der Waals surface area (Å²) < 4.78 is 12.5. The van der Waals surface area contributed by atoms with Crippen molar-refractivity contribution in [3.63, 3.8) is 0 Å². The third-order valence-electron chi connectivity index (χ3n) is 3.61.